The summed E-state index contributed by atoms with van der Waals surface area (Å²) in [6.07, 6.45) is 3.26. The molecule has 0 aliphatic heterocycles. The van der Waals surface area contributed by atoms with Gasteiger partial charge in [-0.25, -0.2) is 4.79 Å². The minimum absolute atomic E-state index is 0.0868. The zero-order chi connectivity index (χ0) is 20.0. The van der Waals surface area contributed by atoms with Gasteiger partial charge in [-0.1, -0.05) is 48.0 Å². The monoisotopic (exact) mass is 403 g/mol. The van der Waals surface area contributed by atoms with E-state index in [0.717, 1.165) is 34.6 Å². The Morgan fingerprint density at radius 2 is 1.62 bits per heavy atom. The smallest absolute Gasteiger partial charge is 0.357 e. The van der Waals surface area contributed by atoms with E-state index in [1.54, 1.807) is 6.20 Å². The highest BCUT2D eigenvalue weighted by Gasteiger charge is 2.30. The Morgan fingerprint density at radius 3 is 2.24 bits per heavy atom. The summed E-state index contributed by atoms with van der Waals surface area (Å²) in [5.41, 5.74) is 4.79. The molecule has 144 valence electrons. The van der Waals surface area contributed by atoms with Crippen molar-refractivity contribution in [1.29, 1.82) is 0 Å². The average Bonchev–Trinajstić information content (AvgIpc) is 3.14. The van der Waals surface area contributed by atoms with Gasteiger partial charge in [0, 0.05) is 29.7 Å². The molecule has 0 N–H and O–H groups in total. The number of rotatable bonds is 3. The van der Waals surface area contributed by atoms with E-state index in [-0.39, 0.29) is 5.02 Å². The molecule has 0 saturated carbocycles. The van der Waals surface area contributed by atoms with Crippen molar-refractivity contribution in [3.63, 3.8) is 0 Å². The summed E-state index contributed by atoms with van der Waals surface area (Å²) in [7, 11) is 1.90. The maximum atomic E-state index is 12.7. The molecule has 2 aromatic heterocycles. The Morgan fingerprint density at radius 1 is 1.00 bits per heavy atom. The minimum Gasteiger partial charge on any atom is -0.421 e. The van der Waals surface area contributed by atoms with Crippen LogP contribution in [0, 0.1) is 0 Å². The molecule has 29 heavy (non-hydrogen) atoms. The molecule has 0 bridgehead atoms. The van der Waals surface area contributed by atoms with E-state index in [0.29, 0.717) is 17.9 Å². The number of aryl methyl sites for hydroxylation is 1. The van der Waals surface area contributed by atoms with Crippen molar-refractivity contribution < 1.29 is 4.42 Å². The van der Waals surface area contributed by atoms with Crippen LogP contribution in [0.1, 0.15) is 11.3 Å². The summed E-state index contributed by atoms with van der Waals surface area (Å²) in [5, 5.41) is 4.43. The molecule has 5 nitrogen and oxygen atoms in total. The van der Waals surface area contributed by atoms with Gasteiger partial charge < -0.3 is 9.32 Å². The van der Waals surface area contributed by atoms with Crippen LogP contribution in [0.15, 0.2) is 76.1 Å². The minimum atomic E-state index is -0.547. The Balaban J connectivity index is 1.83. The van der Waals surface area contributed by atoms with Gasteiger partial charge in [0.2, 0.25) is 0 Å². The second-order valence-corrected chi connectivity index (χ2v) is 7.37. The normalized spacial score (nSPS) is 12.3. The van der Waals surface area contributed by atoms with Gasteiger partial charge in [0.1, 0.15) is 5.76 Å². The van der Waals surface area contributed by atoms with Crippen LogP contribution in [0.2, 0.25) is 5.02 Å². The predicted octanol–water partition coefficient (Wildman–Crippen LogP) is 5.26. The quantitative estimate of drug-likeness (QED) is 0.468. The van der Waals surface area contributed by atoms with Crippen molar-refractivity contribution in [2.45, 2.75) is 12.8 Å². The largest absolute Gasteiger partial charge is 0.421 e. The number of fused-ring (bicyclic) bond motifs is 3. The van der Waals surface area contributed by atoms with E-state index in [4.69, 9.17) is 16.0 Å². The van der Waals surface area contributed by atoms with Gasteiger partial charge in [0.15, 0.2) is 5.02 Å². The summed E-state index contributed by atoms with van der Waals surface area (Å²) in [6.45, 7) is 0. The van der Waals surface area contributed by atoms with Crippen LogP contribution in [-0.4, -0.2) is 9.78 Å². The standard InChI is InChI=1S/C23H18ClN3O2/c1-26-19-13-12-17-21(20(24)23(28)29-22(17)18(19)14-25-26)27(15-8-4-2-5-9-15)16-10-6-3-7-11-16/h2-11,14H,12-13H2,1H3. The van der Waals surface area contributed by atoms with E-state index in [9.17, 15) is 4.79 Å². The van der Waals surface area contributed by atoms with Crippen LogP contribution in [0.5, 0.6) is 0 Å². The Hall–Kier alpha value is -3.31. The van der Waals surface area contributed by atoms with Crippen LogP contribution in [0.25, 0.3) is 11.3 Å². The lowest BCUT2D eigenvalue weighted by atomic mass is 9.93. The molecule has 1 aliphatic rings. The summed E-state index contributed by atoms with van der Waals surface area (Å²) >= 11 is 6.59. The maximum absolute atomic E-state index is 12.7. The highest BCUT2D eigenvalue weighted by atomic mass is 35.5. The third-order valence-electron chi connectivity index (χ3n) is 5.31. The van der Waals surface area contributed by atoms with Crippen molar-refractivity contribution in [3.8, 4) is 11.3 Å². The second kappa shape index (κ2) is 6.94. The molecule has 0 saturated heterocycles. The fourth-order valence-corrected chi connectivity index (χ4v) is 4.21. The summed E-state index contributed by atoms with van der Waals surface area (Å²) in [4.78, 5) is 14.8. The van der Waals surface area contributed by atoms with Gasteiger partial charge >= 0.3 is 5.63 Å². The third kappa shape index (κ3) is 2.86. The van der Waals surface area contributed by atoms with E-state index in [2.05, 4.69) is 5.10 Å². The second-order valence-electron chi connectivity index (χ2n) is 6.99. The van der Waals surface area contributed by atoms with E-state index in [1.807, 2.05) is 77.3 Å². The molecule has 1 aliphatic carbocycles. The number of hydrogen-bond donors (Lipinski definition) is 0. The first-order chi connectivity index (χ1) is 14.1. The first-order valence-electron chi connectivity index (χ1n) is 9.42. The number of benzene rings is 2. The highest BCUT2D eigenvalue weighted by Crippen LogP contribution is 2.45. The topological polar surface area (TPSA) is 51.3 Å². The Bertz CT molecular complexity index is 1210. The first kappa shape index (κ1) is 17.8. The molecule has 4 aromatic rings. The van der Waals surface area contributed by atoms with Crippen molar-refractivity contribution in [1.82, 2.24) is 9.78 Å². The Kier molecular flexibility index (Phi) is 4.25. The van der Waals surface area contributed by atoms with Crippen LogP contribution in [0.3, 0.4) is 0 Å². The number of aromatic nitrogens is 2. The lowest BCUT2D eigenvalue weighted by molar-refractivity contribution is 0.514. The number of para-hydroxylation sites is 2. The average molecular weight is 404 g/mol. The van der Waals surface area contributed by atoms with Crippen LogP contribution in [-0.2, 0) is 19.9 Å². The maximum Gasteiger partial charge on any atom is 0.357 e. The van der Waals surface area contributed by atoms with Crippen LogP contribution >= 0.6 is 11.6 Å². The lowest BCUT2D eigenvalue weighted by Crippen LogP contribution is -2.20. The van der Waals surface area contributed by atoms with Crippen LogP contribution < -0.4 is 10.5 Å². The van der Waals surface area contributed by atoms with Crippen molar-refractivity contribution in [2.75, 3.05) is 4.90 Å². The number of halogens is 1. The number of nitrogens with zero attached hydrogens (tertiary/aromatic N) is 3. The van der Waals surface area contributed by atoms with Gasteiger partial charge in [0.25, 0.3) is 0 Å². The molecule has 0 amide bonds. The van der Waals surface area contributed by atoms with E-state index >= 15 is 0 Å². The molecule has 0 unspecified atom stereocenters. The third-order valence-corrected chi connectivity index (χ3v) is 5.65. The van der Waals surface area contributed by atoms with Gasteiger partial charge in [0.05, 0.1) is 17.4 Å². The number of anilines is 3. The van der Waals surface area contributed by atoms with Gasteiger partial charge in [-0.3, -0.25) is 4.68 Å². The summed E-state index contributed by atoms with van der Waals surface area (Å²) in [5.74, 6) is 0.556. The molecule has 2 heterocycles. The molecule has 5 rings (SSSR count). The lowest BCUT2D eigenvalue weighted by Gasteiger charge is -2.30. The molecule has 0 spiro atoms. The fraction of sp³-hybridized carbons (Fsp3) is 0.130. The number of hydrogen-bond acceptors (Lipinski definition) is 4. The van der Waals surface area contributed by atoms with E-state index in [1.165, 1.54) is 0 Å². The summed E-state index contributed by atoms with van der Waals surface area (Å²) < 4.78 is 7.50. The zero-order valence-corrected chi connectivity index (χ0v) is 16.6. The van der Waals surface area contributed by atoms with Gasteiger partial charge in [-0.05, 0) is 37.1 Å². The molecular formula is C23H18ClN3O2. The zero-order valence-electron chi connectivity index (χ0n) is 15.8. The molecule has 2 aromatic carbocycles. The van der Waals surface area contributed by atoms with Crippen molar-refractivity contribution in [3.05, 3.63) is 93.6 Å². The predicted molar refractivity (Wildman–Crippen MR) is 114 cm³/mol. The molecule has 0 atom stereocenters. The highest BCUT2D eigenvalue weighted by molar-refractivity contribution is 6.33. The van der Waals surface area contributed by atoms with Gasteiger partial charge in [-0.2, -0.15) is 5.10 Å². The van der Waals surface area contributed by atoms with Crippen LogP contribution in [0.4, 0.5) is 17.1 Å². The molecular weight excluding hydrogens is 386 g/mol. The van der Waals surface area contributed by atoms with E-state index < -0.39 is 5.63 Å². The molecule has 0 radical (unpaired) electrons. The SMILES string of the molecule is Cn1ncc2c1CCc1c-2oc(=O)c(Cl)c1N(c1ccccc1)c1ccccc1. The summed E-state index contributed by atoms with van der Waals surface area (Å²) in [6, 6.07) is 19.8. The van der Waals surface area contributed by atoms with Crippen molar-refractivity contribution >= 4 is 28.7 Å². The first-order valence-corrected chi connectivity index (χ1v) is 9.80. The molecule has 0 fully saturated rings. The van der Waals surface area contributed by atoms with Gasteiger partial charge in [-0.15, -0.1) is 0 Å². The fourth-order valence-electron chi connectivity index (χ4n) is 3.97. The molecule has 6 heteroatoms. The van der Waals surface area contributed by atoms with Crippen molar-refractivity contribution in [2.24, 2.45) is 7.05 Å². The Labute approximate surface area is 172 Å².